The van der Waals surface area contributed by atoms with Gasteiger partial charge in [-0.05, 0) is 83.6 Å². The summed E-state index contributed by atoms with van der Waals surface area (Å²) in [5.74, 6) is 2.12. The molecule has 5 aromatic rings. The highest BCUT2D eigenvalue weighted by Gasteiger charge is 2.32. The van der Waals surface area contributed by atoms with Crippen LogP contribution in [0.1, 0.15) is 47.2 Å². The Hall–Kier alpha value is -4.28. The second-order valence-electron chi connectivity index (χ2n) is 10.2. The number of aryl methyl sites for hydroxylation is 1. The fourth-order valence-electron chi connectivity index (χ4n) is 5.37. The van der Waals surface area contributed by atoms with Crippen molar-refractivity contribution in [1.82, 2.24) is 30.1 Å². The summed E-state index contributed by atoms with van der Waals surface area (Å²) in [5, 5.41) is 13.8. The minimum Gasteiger partial charge on any atom is -0.497 e. The molecule has 3 aromatic heterocycles. The summed E-state index contributed by atoms with van der Waals surface area (Å²) in [6, 6.07) is 19.1. The number of methoxy groups -OCH3 is 1. The third kappa shape index (κ3) is 5.54. The molecule has 10 heteroatoms. The molecule has 4 heterocycles. The van der Waals surface area contributed by atoms with Gasteiger partial charge in [0.1, 0.15) is 17.6 Å². The minimum absolute atomic E-state index is 0.0283. The Balaban J connectivity index is 1.49. The zero-order valence-corrected chi connectivity index (χ0v) is 22.6. The predicted octanol–water partition coefficient (Wildman–Crippen LogP) is 4.40. The van der Waals surface area contributed by atoms with Crippen LogP contribution in [0.15, 0.2) is 76.1 Å². The van der Waals surface area contributed by atoms with E-state index in [1.807, 2.05) is 61.5 Å². The van der Waals surface area contributed by atoms with E-state index in [0.29, 0.717) is 31.0 Å². The molecule has 1 N–H and O–H groups in total. The van der Waals surface area contributed by atoms with Crippen LogP contribution in [0.25, 0.3) is 10.9 Å². The summed E-state index contributed by atoms with van der Waals surface area (Å²) in [5.41, 5.74) is 3.30. The molecule has 0 saturated carbocycles. The molecule has 0 bridgehead atoms. The second-order valence-corrected chi connectivity index (χ2v) is 10.2. The number of rotatable bonds is 10. The third-order valence-electron chi connectivity index (χ3n) is 7.38. The lowest BCUT2D eigenvalue weighted by molar-refractivity contribution is 0.0901. The predicted molar refractivity (Wildman–Crippen MR) is 149 cm³/mol. The summed E-state index contributed by atoms with van der Waals surface area (Å²) >= 11 is 0. The standard InChI is InChI=1S/C30H32N6O4/c1-20-7-12-27-22(15-20)16-26(30(37)31-27)28(29-32-33-34-36(29)19-25-6-4-14-40-25)35(18-24-5-3-13-39-24)17-21-8-10-23(38-2)11-9-21/h3,5,7-13,15-16,25,28H,4,6,14,17-19H2,1-2H3,(H,31,37)/t25-,28-/m0/s1. The van der Waals surface area contributed by atoms with E-state index < -0.39 is 6.04 Å². The van der Waals surface area contributed by atoms with Crippen molar-refractivity contribution in [3.8, 4) is 5.75 Å². The maximum Gasteiger partial charge on any atom is 0.253 e. The number of nitrogens with one attached hydrogen (secondary N) is 1. The first-order valence-electron chi connectivity index (χ1n) is 13.5. The van der Waals surface area contributed by atoms with Crippen molar-refractivity contribution in [3.05, 3.63) is 106 Å². The van der Waals surface area contributed by atoms with Gasteiger partial charge in [-0.1, -0.05) is 23.8 Å². The fraction of sp³-hybridized carbons (Fsp3) is 0.333. The van der Waals surface area contributed by atoms with Crippen LogP contribution in [-0.2, 0) is 24.4 Å². The van der Waals surface area contributed by atoms with Crippen LogP contribution >= 0.6 is 0 Å². The number of hydrogen-bond donors (Lipinski definition) is 1. The molecule has 0 unspecified atom stereocenters. The molecule has 1 fully saturated rings. The zero-order valence-electron chi connectivity index (χ0n) is 22.6. The van der Waals surface area contributed by atoms with Crippen molar-refractivity contribution < 1.29 is 13.9 Å². The van der Waals surface area contributed by atoms with Gasteiger partial charge in [0, 0.05) is 24.2 Å². The Morgan fingerprint density at radius 2 is 2.02 bits per heavy atom. The van der Waals surface area contributed by atoms with E-state index >= 15 is 0 Å². The Labute approximate surface area is 231 Å². The third-order valence-corrected chi connectivity index (χ3v) is 7.38. The first-order chi connectivity index (χ1) is 19.6. The van der Waals surface area contributed by atoms with E-state index in [2.05, 4.69) is 31.5 Å². The van der Waals surface area contributed by atoms with Crippen molar-refractivity contribution in [2.45, 2.75) is 51.5 Å². The molecule has 206 valence electrons. The van der Waals surface area contributed by atoms with Gasteiger partial charge in [-0.25, -0.2) is 4.68 Å². The monoisotopic (exact) mass is 540 g/mol. The molecule has 0 aliphatic carbocycles. The highest BCUT2D eigenvalue weighted by molar-refractivity contribution is 5.79. The van der Waals surface area contributed by atoms with Gasteiger partial charge in [0.05, 0.1) is 32.6 Å². The molecular weight excluding hydrogens is 508 g/mol. The van der Waals surface area contributed by atoms with E-state index in [0.717, 1.165) is 53.0 Å². The Kier molecular flexibility index (Phi) is 7.43. The molecule has 10 nitrogen and oxygen atoms in total. The lowest BCUT2D eigenvalue weighted by atomic mass is 10.0. The smallest absolute Gasteiger partial charge is 0.253 e. The number of benzene rings is 2. The second kappa shape index (κ2) is 11.4. The molecule has 1 aliphatic rings. The van der Waals surface area contributed by atoms with E-state index in [4.69, 9.17) is 13.9 Å². The van der Waals surface area contributed by atoms with Crippen molar-refractivity contribution in [2.75, 3.05) is 13.7 Å². The topological polar surface area (TPSA) is 111 Å². The number of hydrogen-bond acceptors (Lipinski definition) is 8. The number of H-pyrrole nitrogens is 1. The summed E-state index contributed by atoms with van der Waals surface area (Å²) in [4.78, 5) is 19.0. The summed E-state index contributed by atoms with van der Waals surface area (Å²) in [6.45, 7) is 4.23. The molecule has 1 saturated heterocycles. The van der Waals surface area contributed by atoms with Crippen LogP contribution in [-0.4, -0.2) is 49.9 Å². The van der Waals surface area contributed by atoms with Gasteiger partial charge in [-0.2, -0.15) is 0 Å². The van der Waals surface area contributed by atoms with Gasteiger partial charge < -0.3 is 18.9 Å². The minimum atomic E-state index is -0.572. The number of pyridine rings is 1. The molecule has 0 radical (unpaired) electrons. The van der Waals surface area contributed by atoms with Crippen molar-refractivity contribution in [1.29, 1.82) is 0 Å². The molecular formula is C30H32N6O4. The lowest BCUT2D eigenvalue weighted by Gasteiger charge is -2.30. The highest BCUT2D eigenvalue weighted by Crippen LogP contribution is 2.31. The van der Waals surface area contributed by atoms with Crippen LogP contribution in [0.5, 0.6) is 5.75 Å². The van der Waals surface area contributed by atoms with E-state index in [1.165, 1.54) is 0 Å². The molecule has 1 aliphatic heterocycles. The van der Waals surface area contributed by atoms with Crippen LogP contribution in [0.4, 0.5) is 0 Å². The van der Waals surface area contributed by atoms with Gasteiger partial charge >= 0.3 is 0 Å². The van der Waals surface area contributed by atoms with Gasteiger partial charge in [0.25, 0.3) is 5.56 Å². The maximum absolute atomic E-state index is 13.7. The zero-order chi connectivity index (χ0) is 27.5. The van der Waals surface area contributed by atoms with Gasteiger partial charge in [0.15, 0.2) is 5.82 Å². The first kappa shape index (κ1) is 26.0. The number of nitrogens with zero attached hydrogens (tertiary/aromatic N) is 5. The van der Waals surface area contributed by atoms with Gasteiger partial charge in [0.2, 0.25) is 0 Å². The molecule has 40 heavy (non-hydrogen) atoms. The van der Waals surface area contributed by atoms with Crippen molar-refractivity contribution >= 4 is 10.9 Å². The largest absolute Gasteiger partial charge is 0.497 e. The van der Waals surface area contributed by atoms with E-state index in [1.54, 1.807) is 18.1 Å². The lowest BCUT2D eigenvalue weighted by Crippen LogP contribution is -2.35. The normalized spacial score (nSPS) is 16.1. The van der Waals surface area contributed by atoms with E-state index in [9.17, 15) is 4.79 Å². The quantitative estimate of drug-likeness (QED) is 0.278. The average Bonchev–Trinajstić information content (AvgIpc) is 3.75. The summed E-state index contributed by atoms with van der Waals surface area (Å²) in [6.07, 6.45) is 3.64. The number of tetrazole rings is 1. The SMILES string of the molecule is COc1ccc(CN(Cc2ccco2)[C@@H](c2cc3cc(C)ccc3[nH]c2=O)c2nnnn2C[C@@H]2CCCO2)cc1. The first-order valence-corrected chi connectivity index (χ1v) is 13.5. The van der Waals surface area contributed by atoms with Crippen molar-refractivity contribution in [2.24, 2.45) is 0 Å². The molecule has 6 rings (SSSR count). The summed E-state index contributed by atoms with van der Waals surface area (Å²) < 4.78 is 18.8. The van der Waals surface area contributed by atoms with Gasteiger partial charge in [-0.15, -0.1) is 5.10 Å². The van der Waals surface area contributed by atoms with Crippen LogP contribution in [0.3, 0.4) is 0 Å². The van der Waals surface area contributed by atoms with Crippen LogP contribution in [0.2, 0.25) is 0 Å². The highest BCUT2D eigenvalue weighted by atomic mass is 16.5. The number of furan rings is 1. The molecule has 0 spiro atoms. The Morgan fingerprint density at radius 3 is 2.77 bits per heavy atom. The molecule has 2 atom stereocenters. The van der Waals surface area contributed by atoms with Crippen molar-refractivity contribution in [3.63, 3.8) is 0 Å². The maximum atomic E-state index is 13.7. The Morgan fingerprint density at radius 1 is 1.15 bits per heavy atom. The number of aromatic amines is 1. The average molecular weight is 541 g/mol. The summed E-state index contributed by atoms with van der Waals surface area (Å²) in [7, 11) is 1.65. The fourth-order valence-corrected chi connectivity index (χ4v) is 5.37. The number of aromatic nitrogens is 5. The van der Waals surface area contributed by atoms with E-state index in [-0.39, 0.29) is 11.7 Å². The van der Waals surface area contributed by atoms with Crippen LogP contribution < -0.4 is 10.3 Å². The Bertz CT molecular complexity index is 1620. The molecule has 2 aromatic carbocycles. The molecule has 0 amide bonds. The van der Waals surface area contributed by atoms with Gasteiger partial charge in [-0.3, -0.25) is 9.69 Å². The number of fused-ring (bicyclic) bond motifs is 1. The van der Waals surface area contributed by atoms with Crippen LogP contribution in [0, 0.1) is 6.92 Å². The number of ether oxygens (including phenoxy) is 2.